The number of rotatable bonds is 5. The summed E-state index contributed by atoms with van der Waals surface area (Å²) in [5.74, 6) is 1.02. The summed E-state index contributed by atoms with van der Waals surface area (Å²) in [5.41, 5.74) is 4.57. The molecule has 0 aliphatic carbocycles. The Bertz CT molecular complexity index is 1070. The van der Waals surface area contributed by atoms with Gasteiger partial charge in [-0.05, 0) is 68.7 Å². The van der Waals surface area contributed by atoms with Gasteiger partial charge in [-0.25, -0.2) is 4.98 Å². The van der Waals surface area contributed by atoms with Gasteiger partial charge in [0.1, 0.15) is 0 Å². The fourth-order valence-electron chi connectivity index (χ4n) is 4.18. The lowest BCUT2D eigenvalue weighted by Gasteiger charge is -2.15. The van der Waals surface area contributed by atoms with Gasteiger partial charge in [-0.2, -0.15) is 0 Å². The molecule has 5 heteroatoms. The third kappa shape index (κ3) is 3.13. The SMILES string of the molecule is Clc1ccc(-c2cn3c4ccccc4nc3n2CCCN2CCCC2)cc1. The van der Waals surface area contributed by atoms with Gasteiger partial charge in [0, 0.05) is 17.8 Å². The molecule has 2 aromatic heterocycles. The average Bonchev–Trinajstić information content (AvgIpc) is 3.39. The van der Waals surface area contributed by atoms with Gasteiger partial charge in [-0.3, -0.25) is 4.40 Å². The van der Waals surface area contributed by atoms with Crippen molar-refractivity contribution in [3.63, 3.8) is 0 Å². The van der Waals surface area contributed by atoms with E-state index in [-0.39, 0.29) is 0 Å². The molecule has 2 aromatic carbocycles. The first-order valence-corrected chi connectivity index (χ1v) is 10.1. The molecule has 138 valence electrons. The first-order valence-electron chi connectivity index (χ1n) is 9.74. The van der Waals surface area contributed by atoms with Crippen molar-refractivity contribution in [2.24, 2.45) is 0 Å². The molecule has 3 heterocycles. The zero-order valence-electron chi connectivity index (χ0n) is 15.3. The van der Waals surface area contributed by atoms with Gasteiger partial charge in [0.15, 0.2) is 0 Å². The third-order valence-corrected chi connectivity index (χ3v) is 5.81. The summed E-state index contributed by atoms with van der Waals surface area (Å²) in [6.45, 7) is 4.62. The van der Waals surface area contributed by atoms with Crippen molar-refractivity contribution in [2.45, 2.75) is 25.8 Å². The highest BCUT2D eigenvalue weighted by atomic mass is 35.5. The highest BCUT2D eigenvalue weighted by Crippen LogP contribution is 2.28. The number of aromatic nitrogens is 3. The van der Waals surface area contributed by atoms with E-state index in [2.05, 4.69) is 50.4 Å². The second kappa shape index (κ2) is 7.02. The second-order valence-corrected chi connectivity index (χ2v) is 7.78. The van der Waals surface area contributed by atoms with Crippen LogP contribution in [0.3, 0.4) is 0 Å². The predicted molar refractivity (Wildman–Crippen MR) is 111 cm³/mol. The van der Waals surface area contributed by atoms with Crippen molar-refractivity contribution in [3.8, 4) is 11.3 Å². The Labute approximate surface area is 164 Å². The number of benzene rings is 2. The first kappa shape index (κ1) is 16.8. The molecule has 5 rings (SSSR count). The molecule has 0 bridgehead atoms. The molecule has 1 saturated heterocycles. The summed E-state index contributed by atoms with van der Waals surface area (Å²) in [5, 5.41) is 0.765. The molecular weight excluding hydrogens is 356 g/mol. The van der Waals surface area contributed by atoms with Crippen molar-refractivity contribution in [1.82, 2.24) is 18.9 Å². The lowest BCUT2D eigenvalue weighted by molar-refractivity contribution is 0.326. The Balaban J connectivity index is 1.55. The number of likely N-dealkylation sites (tertiary alicyclic amines) is 1. The number of nitrogens with zero attached hydrogens (tertiary/aromatic N) is 4. The van der Waals surface area contributed by atoms with Crippen molar-refractivity contribution in [3.05, 3.63) is 59.8 Å². The van der Waals surface area contributed by atoms with Crippen molar-refractivity contribution >= 4 is 28.4 Å². The molecule has 4 nitrogen and oxygen atoms in total. The molecular formula is C22H23ClN4. The maximum atomic E-state index is 6.10. The van der Waals surface area contributed by atoms with E-state index in [4.69, 9.17) is 16.6 Å². The van der Waals surface area contributed by atoms with Crippen molar-refractivity contribution < 1.29 is 0 Å². The number of imidazole rings is 2. The van der Waals surface area contributed by atoms with Crippen LogP contribution in [-0.2, 0) is 6.54 Å². The minimum Gasteiger partial charge on any atom is -0.310 e. The molecule has 1 aliphatic rings. The Morgan fingerprint density at radius 1 is 0.926 bits per heavy atom. The Morgan fingerprint density at radius 3 is 2.52 bits per heavy atom. The summed E-state index contributed by atoms with van der Waals surface area (Å²) in [7, 11) is 0. The van der Waals surface area contributed by atoms with E-state index in [1.807, 2.05) is 18.2 Å². The number of hydrogen-bond acceptors (Lipinski definition) is 2. The standard InChI is InChI=1S/C22H23ClN4/c23-18-10-8-17(9-11-18)21-16-27-20-7-2-1-6-19(20)24-22(27)26(21)15-5-14-25-12-3-4-13-25/h1-2,6-11,16H,3-5,12-15H2. The van der Waals surface area contributed by atoms with Gasteiger partial charge >= 0.3 is 0 Å². The summed E-state index contributed by atoms with van der Waals surface area (Å²) >= 11 is 6.10. The van der Waals surface area contributed by atoms with Crippen LogP contribution < -0.4 is 0 Å². The predicted octanol–water partition coefficient (Wildman–Crippen LogP) is 5.10. The van der Waals surface area contributed by atoms with E-state index in [1.165, 1.54) is 37.2 Å². The van der Waals surface area contributed by atoms with Gasteiger partial charge < -0.3 is 9.47 Å². The Morgan fingerprint density at radius 2 is 1.70 bits per heavy atom. The second-order valence-electron chi connectivity index (χ2n) is 7.35. The number of hydrogen-bond donors (Lipinski definition) is 0. The number of fused-ring (bicyclic) bond motifs is 3. The average molecular weight is 379 g/mol. The van der Waals surface area contributed by atoms with Crippen LogP contribution in [0.1, 0.15) is 19.3 Å². The highest BCUT2D eigenvalue weighted by Gasteiger charge is 2.16. The van der Waals surface area contributed by atoms with Crippen LogP contribution in [0.15, 0.2) is 54.7 Å². The lowest BCUT2D eigenvalue weighted by atomic mass is 10.1. The zero-order chi connectivity index (χ0) is 18.2. The summed E-state index contributed by atoms with van der Waals surface area (Å²) < 4.78 is 4.58. The number of aryl methyl sites for hydroxylation is 1. The minimum atomic E-state index is 0.765. The molecule has 0 radical (unpaired) electrons. The van der Waals surface area contributed by atoms with Crippen molar-refractivity contribution in [2.75, 3.05) is 19.6 Å². The number of para-hydroxylation sites is 2. The summed E-state index contributed by atoms with van der Waals surface area (Å²) in [6.07, 6.45) is 6.03. The fourth-order valence-corrected chi connectivity index (χ4v) is 4.31. The first-order chi connectivity index (χ1) is 13.3. The molecule has 0 spiro atoms. The molecule has 0 amide bonds. The third-order valence-electron chi connectivity index (χ3n) is 5.56. The topological polar surface area (TPSA) is 25.5 Å². The zero-order valence-corrected chi connectivity index (χ0v) is 16.1. The fraction of sp³-hybridized carbons (Fsp3) is 0.318. The van der Waals surface area contributed by atoms with Crippen LogP contribution in [0.25, 0.3) is 28.1 Å². The molecule has 4 aromatic rings. The molecule has 0 unspecified atom stereocenters. The van der Waals surface area contributed by atoms with Crippen LogP contribution in [0.4, 0.5) is 0 Å². The molecule has 0 saturated carbocycles. The molecule has 1 fully saturated rings. The molecule has 0 atom stereocenters. The minimum absolute atomic E-state index is 0.765. The smallest absolute Gasteiger partial charge is 0.215 e. The lowest BCUT2D eigenvalue weighted by Crippen LogP contribution is -2.21. The summed E-state index contributed by atoms with van der Waals surface area (Å²) in [6, 6.07) is 16.4. The van der Waals surface area contributed by atoms with E-state index < -0.39 is 0 Å². The van der Waals surface area contributed by atoms with Gasteiger partial charge in [0.25, 0.3) is 0 Å². The van der Waals surface area contributed by atoms with Crippen LogP contribution in [-0.4, -0.2) is 38.5 Å². The quantitative estimate of drug-likeness (QED) is 0.483. The van der Waals surface area contributed by atoms with E-state index in [0.29, 0.717) is 0 Å². The van der Waals surface area contributed by atoms with Gasteiger partial charge in [0.2, 0.25) is 5.78 Å². The normalized spacial score (nSPS) is 15.3. The van der Waals surface area contributed by atoms with E-state index in [1.54, 1.807) is 0 Å². The van der Waals surface area contributed by atoms with Crippen molar-refractivity contribution in [1.29, 1.82) is 0 Å². The number of halogens is 1. The largest absolute Gasteiger partial charge is 0.310 e. The van der Waals surface area contributed by atoms with Crippen LogP contribution in [0, 0.1) is 0 Å². The molecule has 27 heavy (non-hydrogen) atoms. The van der Waals surface area contributed by atoms with Crippen LogP contribution in [0.5, 0.6) is 0 Å². The van der Waals surface area contributed by atoms with Gasteiger partial charge in [0.05, 0.1) is 16.7 Å². The van der Waals surface area contributed by atoms with Crippen LogP contribution in [0.2, 0.25) is 5.02 Å². The van der Waals surface area contributed by atoms with Gasteiger partial charge in [-0.1, -0.05) is 35.9 Å². The monoisotopic (exact) mass is 378 g/mol. The van der Waals surface area contributed by atoms with E-state index in [0.717, 1.165) is 41.3 Å². The Kier molecular flexibility index (Phi) is 4.38. The molecule has 1 aliphatic heterocycles. The Hall–Kier alpha value is -2.30. The molecule has 0 N–H and O–H groups in total. The van der Waals surface area contributed by atoms with Gasteiger partial charge in [-0.15, -0.1) is 0 Å². The van der Waals surface area contributed by atoms with Crippen LogP contribution >= 0.6 is 11.6 Å². The maximum Gasteiger partial charge on any atom is 0.215 e. The maximum absolute atomic E-state index is 6.10. The highest BCUT2D eigenvalue weighted by molar-refractivity contribution is 6.30. The van der Waals surface area contributed by atoms with E-state index in [9.17, 15) is 0 Å². The van der Waals surface area contributed by atoms with E-state index >= 15 is 0 Å². The summed E-state index contributed by atoms with van der Waals surface area (Å²) in [4.78, 5) is 7.49.